The lowest BCUT2D eigenvalue weighted by Crippen LogP contribution is -2.50. The average Bonchev–Trinajstić information content (AvgIpc) is 2.75. The van der Waals surface area contributed by atoms with Crippen molar-refractivity contribution in [2.45, 2.75) is 32.2 Å². The predicted molar refractivity (Wildman–Crippen MR) is 80.2 cm³/mol. The number of aliphatic carboxylic acids is 1. The van der Waals surface area contributed by atoms with Crippen LogP contribution < -0.4 is 0 Å². The minimum atomic E-state index is -1.08. The normalized spacial score (nSPS) is 22.6. The second-order valence-corrected chi connectivity index (χ2v) is 6.21. The SMILES string of the molecule is Cc1c(I)cccc1C(=O)N1CCCC1(C)C(=O)O. The van der Waals surface area contributed by atoms with Crippen LogP contribution in [0.5, 0.6) is 0 Å². The fourth-order valence-electron chi connectivity index (χ4n) is 2.50. The van der Waals surface area contributed by atoms with Crippen LogP contribution in [-0.2, 0) is 4.79 Å². The van der Waals surface area contributed by atoms with Gasteiger partial charge in [0.25, 0.3) is 5.91 Å². The van der Waals surface area contributed by atoms with E-state index in [-0.39, 0.29) is 5.91 Å². The van der Waals surface area contributed by atoms with Crippen molar-refractivity contribution in [1.82, 2.24) is 4.90 Å². The van der Waals surface area contributed by atoms with Crippen LogP contribution >= 0.6 is 22.6 Å². The van der Waals surface area contributed by atoms with E-state index >= 15 is 0 Å². The number of carboxylic acid groups (broad SMARTS) is 1. The van der Waals surface area contributed by atoms with Gasteiger partial charge in [0.05, 0.1) is 0 Å². The summed E-state index contributed by atoms with van der Waals surface area (Å²) in [7, 11) is 0. The highest BCUT2D eigenvalue weighted by Crippen LogP contribution is 2.31. The van der Waals surface area contributed by atoms with Crippen molar-refractivity contribution in [3.8, 4) is 0 Å². The van der Waals surface area contributed by atoms with Crippen molar-refractivity contribution < 1.29 is 14.7 Å². The Kier molecular flexibility index (Phi) is 3.85. The number of likely N-dealkylation sites (tertiary alicyclic amines) is 1. The highest BCUT2D eigenvalue weighted by atomic mass is 127. The van der Waals surface area contributed by atoms with Gasteiger partial charge in [-0.25, -0.2) is 4.79 Å². The molecule has 1 aliphatic rings. The monoisotopic (exact) mass is 373 g/mol. The molecule has 1 aromatic rings. The summed E-state index contributed by atoms with van der Waals surface area (Å²) in [5, 5.41) is 9.37. The van der Waals surface area contributed by atoms with Gasteiger partial charge in [-0.3, -0.25) is 4.79 Å². The molecule has 5 heteroatoms. The first kappa shape index (κ1) is 14.3. The zero-order chi connectivity index (χ0) is 14.2. The summed E-state index contributed by atoms with van der Waals surface area (Å²) >= 11 is 2.18. The number of carboxylic acids is 1. The lowest BCUT2D eigenvalue weighted by Gasteiger charge is -2.31. The van der Waals surface area contributed by atoms with Crippen molar-refractivity contribution in [3.05, 3.63) is 32.9 Å². The average molecular weight is 373 g/mol. The van der Waals surface area contributed by atoms with Crippen molar-refractivity contribution in [3.63, 3.8) is 0 Å². The molecule has 2 rings (SSSR count). The number of carbonyl (C=O) groups excluding carboxylic acids is 1. The van der Waals surface area contributed by atoms with Gasteiger partial charge in [0.1, 0.15) is 5.54 Å². The van der Waals surface area contributed by atoms with Crippen LogP contribution in [0.2, 0.25) is 0 Å². The first-order valence-corrected chi connectivity index (χ1v) is 7.26. The maximum absolute atomic E-state index is 12.6. The minimum Gasteiger partial charge on any atom is -0.480 e. The Hall–Kier alpha value is -1.11. The summed E-state index contributed by atoms with van der Waals surface area (Å²) in [5.41, 5.74) is 0.430. The van der Waals surface area contributed by atoms with Gasteiger partial charge in [0.15, 0.2) is 0 Å². The predicted octanol–water partition coefficient (Wildman–Crippen LogP) is 2.68. The number of hydrogen-bond acceptors (Lipinski definition) is 2. The molecule has 4 nitrogen and oxygen atoms in total. The molecule has 1 unspecified atom stereocenters. The Labute approximate surface area is 125 Å². The van der Waals surface area contributed by atoms with E-state index in [2.05, 4.69) is 22.6 Å². The van der Waals surface area contributed by atoms with E-state index in [0.29, 0.717) is 18.5 Å². The zero-order valence-corrected chi connectivity index (χ0v) is 13.1. The first-order valence-electron chi connectivity index (χ1n) is 6.18. The van der Waals surface area contributed by atoms with E-state index in [1.165, 1.54) is 4.90 Å². The van der Waals surface area contributed by atoms with Gasteiger partial charge < -0.3 is 10.0 Å². The molecule has 0 aliphatic carbocycles. The summed E-state index contributed by atoms with van der Waals surface area (Å²) in [6.45, 7) is 4.03. The summed E-state index contributed by atoms with van der Waals surface area (Å²) in [6, 6.07) is 5.53. The molecule has 0 aromatic heterocycles. The molecule has 0 radical (unpaired) electrons. The molecule has 19 heavy (non-hydrogen) atoms. The fraction of sp³-hybridized carbons (Fsp3) is 0.429. The van der Waals surface area contributed by atoms with E-state index in [9.17, 15) is 14.7 Å². The van der Waals surface area contributed by atoms with Crippen molar-refractivity contribution in [2.24, 2.45) is 0 Å². The summed E-state index contributed by atoms with van der Waals surface area (Å²) in [5.74, 6) is -1.11. The van der Waals surface area contributed by atoms with Gasteiger partial charge in [-0.1, -0.05) is 6.07 Å². The van der Waals surface area contributed by atoms with Gasteiger partial charge in [0, 0.05) is 15.7 Å². The second-order valence-electron chi connectivity index (χ2n) is 5.05. The quantitative estimate of drug-likeness (QED) is 0.812. The summed E-state index contributed by atoms with van der Waals surface area (Å²) in [4.78, 5) is 25.5. The van der Waals surface area contributed by atoms with Gasteiger partial charge in [0.2, 0.25) is 0 Å². The molecule has 1 heterocycles. The molecule has 0 spiro atoms. The van der Waals surface area contributed by atoms with E-state index in [4.69, 9.17) is 0 Å². The van der Waals surface area contributed by atoms with Crippen LogP contribution in [0.3, 0.4) is 0 Å². The number of amides is 1. The van der Waals surface area contributed by atoms with E-state index < -0.39 is 11.5 Å². The van der Waals surface area contributed by atoms with Gasteiger partial charge >= 0.3 is 5.97 Å². The molecule has 102 valence electrons. The Morgan fingerprint density at radius 2 is 2.11 bits per heavy atom. The van der Waals surface area contributed by atoms with Crippen LogP contribution in [0.4, 0.5) is 0 Å². The van der Waals surface area contributed by atoms with E-state index in [1.807, 2.05) is 19.1 Å². The minimum absolute atomic E-state index is 0.182. The Bertz CT molecular complexity index is 543. The number of carbonyl (C=O) groups is 2. The number of halogens is 1. The molecule has 0 bridgehead atoms. The largest absolute Gasteiger partial charge is 0.480 e. The van der Waals surface area contributed by atoms with E-state index in [1.54, 1.807) is 13.0 Å². The first-order chi connectivity index (χ1) is 8.88. The Balaban J connectivity index is 2.39. The van der Waals surface area contributed by atoms with Crippen LogP contribution in [0.25, 0.3) is 0 Å². The molecule has 1 amide bonds. The molecule has 1 saturated heterocycles. The zero-order valence-electron chi connectivity index (χ0n) is 10.9. The molecule has 1 atom stereocenters. The topological polar surface area (TPSA) is 57.6 Å². The van der Waals surface area contributed by atoms with Gasteiger partial charge in [-0.15, -0.1) is 0 Å². The maximum Gasteiger partial charge on any atom is 0.329 e. The standard InChI is InChI=1S/C14H16INO3/c1-9-10(5-3-6-11(9)15)12(17)16-8-4-7-14(16,2)13(18)19/h3,5-6H,4,7-8H2,1-2H3,(H,18,19). The molecule has 1 N–H and O–H groups in total. The maximum atomic E-state index is 12.6. The lowest BCUT2D eigenvalue weighted by molar-refractivity contribution is -0.147. The highest BCUT2D eigenvalue weighted by Gasteiger charge is 2.46. The van der Waals surface area contributed by atoms with Crippen molar-refractivity contribution in [1.29, 1.82) is 0 Å². The third-order valence-electron chi connectivity index (χ3n) is 3.85. The lowest BCUT2D eigenvalue weighted by atomic mass is 9.98. The number of hydrogen-bond donors (Lipinski definition) is 1. The van der Waals surface area contributed by atoms with Crippen LogP contribution in [0, 0.1) is 10.5 Å². The third-order valence-corrected chi connectivity index (χ3v) is 5.01. The Morgan fingerprint density at radius 3 is 2.74 bits per heavy atom. The van der Waals surface area contributed by atoms with Crippen LogP contribution in [0.15, 0.2) is 18.2 Å². The smallest absolute Gasteiger partial charge is 0.329 e. The van der Waals surface area contributed by atoms with Gasteiger partial charge in [-0.2, -0.15) is 0 Å². The van der Waals surface area contributed by atoms with Gasteiger partial charge in [-0.05, 0) is 67.0 Å². The molecule has 1 aliphatic heterocycles. The third kappa shape index (κ3) is 2.35. The summed E-state index contributed by atoms with van der Waals surface area (Å²) in [6.07, 6.45) is 1.24. The fourth-order valence-corrected chi connectivity index (χ4v) is 2.99. The van der Waals surface area contributed by atoms with Crippen molar-refractivity contribution >= 4 is 34.5 Å². The van der Waals surface area contributed by atoms with E-state index in [0.717, 1.165) is 15.6 Å². The summed E-state index contributed by atoms with van der Waals surface area (Å²) < 4.78 is 1.01. The van der Waals surface area contributed by atoms with Crippen molar-refractivity contribution in [2.75, 3.05) is 6.54 Å². The number of nitrogens with zero attached hydrogens (tertiary/aromatic N) is 1. The molecule has 0 saturated carbocycles. The van der Waals surface area contributed by atoms with Crippen LogP contribution in [0.1, 0.15) is 35.7 Å². The molecule has 1 aromatic carbocycles. The van der Waals surface area contributed by atoms with Crippen LogP contribution in [-0.4, -0.2) is 34.0 Å². The molecule has 1 fully saturated rings. The molecular formula is C14H16INO3. The number of rotatable bonds is 2. The molecular weight excluding hydrogens is 357 g/mol. The Morgan fingerprint density at radius 1 is 1.42 bits per heavy atom. The highest BCUT2D eigenvalue weighted by molar-refractivity contribution is 14.1. The second kappa shape index (κ2) is 5.11. The number of benzene rings is 1.